The lowest BCUT2D eigenvalue weighted by molar-refractivity contribution is -0.133. The lowest BCUT2D eigenvalue weighted by Gasteiger charge is -2.31. The zero-order valence-electron chi connectivity index (χ0n) is 15.5. The number of carbonyl (C=O) groups excluding carboxylic acids is 4. The first-order chi connectivity index (χ1) is 13.0. The van der Waals surface area contributed by atoms with E-state index in [4.69, 9.17) is 5.73 Å². The SMILES string of the molecule is NCCCCCNc1cccc2c1C(=O)C(C1CCC(=O)CC1=O)CC2=O. The fourth-order valence-electron chi connectivity index (χ4n) is 4.10. The number of unbranched alkanes of at least 4 members (excludes halogenated alkanes) is 2. The van der Waals surface area contributed by atoms with E-state index in [0.717, 1.165) is 19.3 Å². The molecule has 2 atom stereocenters. The molecule has 144 valence electrons. The number of ketones is 4. The molecule has 6 nitrogen and oxygen atoms in total. The Hall–Kier alpha value is -2.34. The van der Waals surface area contributed by atoms with Gasteiger partial charge in [0.1, 0.15) is 11.6 Å². The first-order valence-electron chi connectivity index (χ1n) is 9.71. The molecule has 0 spiro atoms. The molecule has 1 fully saturated rings. The van der Waals surface area contributed by atoms with Crippen LogP contribution in [-0.2, 0) is 9.59 Å². The monoisotopic (exact) mass is 370 g/mol. The standard InChI is InChI=1S/C21H26N2O4/c22-9-2-1-3-10-23-17-6-4-5-15-19(26)12-16(21(27)20(15)17)14-8-7-13(24)11-18(14)25/h4-6,14,16,23H,1-3,7-12,22H2. The number of hydrogen-bond acceptors (Lipinski definition) is 6. The van der Waals surface area contributed by atoms with E-state index in [1.807, 2.05) is 6.07 Å². The topological polar surface area (TPSA) is 106 Å². The van der Waals surface area contributed by atoms with Crippen molar-refractivity contribution >= 4 is 28.8 Å². The quantitative estimate of drug-likeness (QED) is 0.564. The summed E-state index contributed by atoms with van der Waals surface area (Å²) < 4.78 is 0. The molecular formula is C21H26N2O4. The van der Waals surface area contributed by atoms with Crippen LogP contribution in [0.3, 0.4) is 0 Å². The summed E-state index contributed by atoms with van der Waals surface area (Å²) in [5.41, 5.74) is 6.99. The molecular weight excluding hydrogens is 344 g/mol. The van der Waals surface area contributed by atoms with Gasteiger partial charge in [0, 0.05) is 42.5 Å². The van der Waals surface area contributed by atoms with Gasteiger partial charge in [0.05, 0.1) is 12.0 Å². The highest BCUT2D eigenvalue weighted by atomic mass is 16.2. The summed E-state index contributed by atoms with van der Waals surface area (Å²) in [5.74, 6) is -1.71. The normalized spacial score (nSPS) is 22.7. The fourth-order valence-corrected chi connectivity index (χ4v) is 4.10. The van der Waals surface area contributed by atoms with Gasteiger partial charge in [-0.2, -0.15) is 0 Å². The Morgan fingerprint density at radius 2 is 1.85 bits per heavy atom. The Morgan fingerprint density at radius 1 is 1.04 bits per heavy atom. The van der Waals surface area contributed by atoms with Crippen LogP contribution in [0.25, 0.3) is 0 Å². The Kier molecular flexibility index (Phi) is 6.16. The average molecular weight is 370 g/mol. The van der Waals surface area contributed by atoms with E-state index in [-0.39, 0.29) is 36.0 Å². The van der Waals surface area contributed by atoms with Crippen molar-refractivity contribution in [1.82, 2.24) is 0 Å². The number of carbonyl (C=O) groups is 4. The van der Waals surface area contributed by atoms with Gasteiger partial charge in [-0.1, -0.05) is 18.6 Å². The second-order valence-electron chi connectivity index (χ2n) is 7.43. The van der Waals surface area contributed by atoms with Crippen LogP contribution in [0.5, 0.6) is 0 Å². The fraction of sp³-hybridized carbons (Fsp3) is 0.524. The molecule has 1 saturated carbocycles. The van der Waals surface area contributed by atoms with Crippen molar-refractivity contribution in [2.75, 3.05) is 18.4 Å². The van der Waals surface area contributed by atoms with Crippen molar-refractivity contribution < 1.29 is 19.2 Å². The van der Waals surface area contributed by atoms with Crippen LogP contribution in [0.15, 0.2) is 18.2 Å². The van der Waals surface area contributed by atoms with Gasteiger partial charge in [-0.3, -0.25) is 19.2 Å². The Morgan fingerprint density at radius 3 is 2.59 bits per heavy atom. The largest absolute Gasteiger partial charge is 0.384 e. The van der Waals surface area contributed by atoms with Crippen LogP contribution < -0.4 is 11.1 Å². The van der Waals surface area contributed by atoms with Crippen molar-refractivity contribution in [2.45, 2.75) is 44.9 Å². The molecule has 27 heavy (non-hydrogen) atoms. The molecule has 3 N–H and O–H groups in total. The summed E-state index contributed by atoms with van der Waals surface area (Å²) in [4.78, 5) is 49.7. The summed E-state index contributed by atoms with van der Waals surface area (Å²) in [6, 6.07) is 5.26. The van der Waals surface area contributed by atoms with Crippen LogP contribution >= 0.6 is 0 Å². The summed E-state index contributed by atoms with van der Waals surface area (Å²) in [7, 11) is 0. The molecule has 2 unspecified atom stereocenters. The lowest BCUT2D eigenvalue weighted by atomic mass is 9.69. The first-order valence-corrected chi connectivity index (χ1v) is 9.71. The van der Waals surface area contributed by atoms with Gasteiger partial charge in [-0.05, 0) is 31.9 Å². The zero-order chi connectivity index (χ0) is 19.4. The molecule has 1 aromatic rings. The second-order valence-corrected chi connectivity index (χ2v) is 7.43. The third-order valence-corrected chi connectivity index (χ3v) is 5.55. The van der Waals surface area contributed by atoms with Gasteiger partial charge in [-0.25, -0.2) is 0 Å². The highest BCUT2D eigenvalue weighted by molar-refractivity contribution is 6.19. The highest BCUT2D eigenvalue weighted by Gasteiger charge is 2.43. The first kappa shape index (κ1) is 19.4. The van der Waals surface area contributed by atoms with Gasteiger partial charge in [0.15, 0.2) is 11.6 Å². The molecule has 2 aliphatic rings. The number of benzene rings is 1. The second kappa shape index (κ2) is 8.57. The van der Waals surface area contributed by atoms with Crippen LogP contribution in [-0.4, -0.2) is 36.2 Å². The Labute approximate surface area is 158 Å². The average Bonchev–Trinajstić information content (AvgIpc) is 2.65. The predicted octanol–water partition coefficient (Wildman–Crippen LogP) is 2.55. The van der Waals surface area contributed by atoms with E-state index >= 15 is 0 Å². The minimum absolute atomic E-state index is 0.0520. The number of Topliss-reactive ketones (excluding diaryl/α,β-unsaturated/α-hetero) is 4. The molecule has 0 saturated heterocycles. The highest BCUT2D eigenvalue weighted by Crippen LogP contribution is 2.38. The van der Waals surface area contributed by atoms with Gasteiger partial charge in [0.25, 0.3) is 0 Å². The summed E-state index contributed by atoms with van der Waals surface area (Å²) in [6.07, 6.45) is 3.49. The number of nitrogens with one attached hydrogen (secondary N) is 1. The molecule has 0 aromatic heterocycles. The molecule has 0 heterocycles. The lowest BCUT2D eigenvalue weighted by Crippen LogP contribution is -2.39. The Balaban J connectivity index is 1.81. The van der Waals surface area contributed by atoms with Gasteiger partial charge >= 0.3 is 0 Å². The molecule has 6 heteroatoms. The number of anilines is 1. The summed E-state index contributed by atoms with van der Waals surface area (Å²) >= 11 is 0. The molecule has 2 aliphatic carbocycles. The van der Waals surface area contributed by atoms with E-state index in [1.165, 1.54) is 0 Å². The minimum atomic E-state index is -0.647. The molecule has 0 amide bonds. The third-order valence-electron chi connectivity index (χ3n) is 5.55. The number of rotatable bonds is 7. The van der Waals surface area contributed by atoms with E-state index in [0.29, 0.717) is 42.7 Å². The van der Waals surface area contributed by atoms with E-state index in [2.05, 4.69) is 5.32 Å². The summed E-state index contributed by atoms with van der Waals surface area (Å²) in [5, 5.41) is 3.27. The molecule has 0 radical (unpaired) electrons. The zero-order valence-corrected chi connectivity index (χ0v) is 15.5. The molecule has 3 rings (SSSR count). The minimum Gasteiger partial charge on any atom is -0.384 e. The van der Waals surface area contributed by atoms with Crippen molar-refractivity contribution in [2.24, 2.45) is 17.6 Å². The maximum Gasteiger partial charge on any atom is 0.169 e. The van der Waals surface area contributed by atoms with Crippen molar-refractivity contribution in [3.8, 4) is 0 Å². The van der Waals surface area contributed by atoms with Crippen molar-refractivity contribution in [3.05, 3.63) is 29.3 Å². The third kappa shape index (κ3) is 4.16. The number of nitrogens with two attached hydrogens (primary N) is 1. The van der Waals surface area contributed by atoms with Crippen LogP contribution in [0, 0.1) is 11.8 Å². The maximum absolute atomic E-state index is 13.2. The van der Waals surface area contributed by atoms with E-state index in [1.54, 1.807) is 12.1 Å². The van der Waals surface area contributed by atoms with Crippen molar-refractivity contribution in [3.63, 3.8) is 0 Å². The van der Waals surface area contributed by atoms with Crippen molar-refractivity contribution in [1.29, 1.82) is 0 Å². The van der Waals surface area contributed by atoms with Crippen LogP contribution in [0.4, 0.5) is 5.69 Å². The van der Waals surface area contributed by atoms with Crippen LogP contribution in [0.2, 0.25) is 0 Å². The smallest absolute Gasteiger partial charge is 0.169 e. The molecule has 0 bridgehead atoms. The predicted molar refractivity (Wildman–Crippen MR) is 102 cm³/mol. The molecule has 0 aliphatic heterocycles. The van der Waals surface area contributed by atoms with Crippen LogP contribution in [0.1, 0.15) is 65.7 Å². The van der Waals surface area contributed by atoms with Gasteiger partial charge in [-0.15, -0.1) is 0 Å². The van der Waals surface area contributed by atoms with Gasteiger partial charge in [0.2, 0.25) is 0 Å². The Bertz CT molecular complexity index is 771. The van der Waals surface area contributed by atoms with E-state index < -0.39 is 11.8 Å². The maximum atomic E-state index is 13.2. The summed E-state index contributed by atoms with van der Waals surface area (Å²) in [6.45, 7) is 1.35. The number of fused-ring (bicyclic) bond motifs is 1. The molecule has 1 aromatic carbocycles. The van der Waals surface area contributed by atoms with Gasteiger partial charge < -0.3 is 11.1 Å². The van der Waals surface area contributed by atoms with E-state index in [9.17, 15) is 19.2 Å². The number of hydrogen-bond donors (Lipinski definition) is 2.